The monoisotopic (exact) mass is 342 g/mol. The number of hydrogen-bond acceptors (Lipinski definition) is 4. The van der Waals surface area contributed by atoms with Gasteiger partial charge in [-0.1, -0.05) is 6.07 Å². The zero-order valence-corrected chi connectivity index (χ0v) is 13.1. The Bertz CT molecular complexity index is 707. The van der Waals surface area contributed by atoms with Crippen molar-refractivity contribution < 1.29 is 23.1 Å². The second-order valence-electron chi connectivity index (χ2n) is 6.39. The molecule has 2 amide bonds. The van der Waals surface area contributed by atoms with Crippen LogP contribution in [0.3, 0.4) is 0 Å². The van der Waals surface area contributed by atoms with Gasteiger partial charge in [0.15, 0.2) is 0 Å². The SMILES string of the molecule is C[C@@H]1NC(=O)NN=C1c1ccc(N2CC(C)(O)C2)c(C(F)(F)F)c1. The van der Waals surface area contributed by atoms with E-state index in [1.807, 2.05) is 0 Å². The van der Waals surface area contributed by atoms with Gasteiger partial charge in [-0.2, -0.15) is 18.3 Å². The standard InChI is InChI=1S/C15H17F3N4O2/c1-8-12(20-21-13(23)19-8)9-3-4-11(10(5-9)15(16,17)18)22-6-14(2,24)7-22/h3-5,8,24H,6-7H2,1-2H3,(H2,19,21,23)/t8-/m0/s1. The molecule has 0 bridgehead atoms. The molecule has 3 rings (SSSR count). The van der Waals surface area contributed by atoms with Crippen LogP contribution < -0.4 is 15.6 Å². The highest BCUT2D eigenvalue weighted by Gasteiger charge is 2.42. The topological polar surface area (TPSA) is 77.0 Å². The molecule has 2 aliphatic rings. The predicted octanol–water partition coefficient (Wildman–Crippen LogP) is 1.68. The second kappa shape index (κ2) is 5.37. The Hall–Kier alpha value is -2.29. The van der Waals surface area contributed by atoms with Crippen LogP contribution in [0.1, 0.15) is 25.0 Å². The quantitative estimate of drug-likeness (QED) is 0.765. The number of aliphatic hydroxyl groups is 1. The molecule has 2 heterocycles. The third kappa shape index (κ3) is 3.03. The number of anilines is 1. The molecule has 0 aliphatic carbocycles. The van der Waals surface area contributed by atoms with Gasteiger partial charge in [-0.25, -0.2) is 10.2 Å². The van der Waals surface area contributed by atoms with Crippen LogP contribution in [0, 0.1) is 0 Å². The first-order chi connectivity index (χ1) is 11.1. The van der Waals surface area contributed by atoms with Crippen LogP contribution in [0.5, 0.6) is 0 Å². The van der Waals surface area contributed by atoms with Gasteiger partial charge in [0.2, 0.25) is 0 Å². The summed E-state index contributed by atoms with van der Waals surface area (Å²) in [6, 6.07) is 2.93. The summed E-state index contributed by atoms with van der Waals surface area (Å²) in [7, 11) is 0. The highest BCUT2D eigenvalue weighted by molar-refractivity contribution is 6.07. The van der Waals surface area contributed by atoms with Gasteiger partial charge in [-0.05, 0) is 26.0 Å². The maximum atomic E-state index is 13.5. The fraction of sp³-hybridized carbons (Fsp3) is 0.467. The molecule has 24 heavy (non-hydrogen) atoms. The maximum absolute atomic E-state index is 13.5. The molecule has 3 N–H and O–H groups in total. The van der Waals surface area contributed by atoms with E-state index in [4.69, 9.17) is 0 Å². The van der Waals surface area contributed by atoms with Crippen molar-refractivity contribution in [3.05, 3.63) is 29.3 Å². The Kier molecular flexibility index (Phi) is 3.71. The van der Waals surface area contributed by atoms with E-state index >= 15 is 0 Å². The van der Waals surface area contributed by atoms with E-state index in [1.54, 1.807) is 13.8 Å². The number of nitrogens with zero attached hydrogens (tertiary/aromatic N) is 2. The van der Waals surface area contributed by atoms with Gasteiger partial charge < -0.3 is 15.3 Å². The number of rotatable bonds is 2. The van der Waals surface area contributed by atoms with Crippen LogP contribution in [0.25, 0.3) is 0 Å². The molecule has 0 unspecified atom stereocenters. The van der Waals surface area contributed by atoms with Crippen LogP contribution in [0.2, 0.25) is 0 Å². The number of carbonyl (C=O) groups is 1. The van der Waals surface area contributed by atoms with Crippen molar-refractivity contribution >= 4 is 17.4 Å². The van der Waals surface area contributed by atoms with E-state index in [-0.39, 0.29) is 24.3 Å². The lowest BCUT2D eigenvalue weighted by atomic mass is 9.93. The van der Waals surface area contributed by atoms with E-state index in [9.17, 15) is 23.1 Å². The van der Waals surface area contributed by atoms with Crippen molar-refractivity contribution in [1.29, 1.82) is 0 Å². The fourth-order valence-corrected chi connectivity index (χ4v) is 2.96. The zero-order valence-electron chi connectivity index (χ0n) is 13.1. The third-order valence-corrected chi connectivity index (χ3v) is 4.04. The van der Waals surface area contributed by atoms with E-state index < -0.39 is 29.4 Å². The van der Waals surface area contributed by atoms with Crippen LogP contribution in [0.4, 0.5) is 23.7 Å². The number of amides is 2. The van der Waals surface area contributed by atoms with Crippen molar-refractivity contribution in [2.24, 2.45) is 5.10 Å². The second-order valence-corrected chi connectivity index (χ2v) is 6.39. The molecule has 1 aromatic rings. The Morgan fingerprint density at radius 3 is 2.58 bits per heavy atom. The third-order valence-electron chi connectivity index (χ3n) is 4.04. The average molecular weight is 342 g/mol. The van der Waals surface area contributed by atoms with Crippen LogP contribution >= 0.6 is 0 Å². The minimum Gasteiger partial charge on any atom is -0.386 e. The number of carbonyl (C=O) groups excluding carboxylic acids is 1. The lowest BCUT2D eigenvalue weighted by molar-refractivity contribution is -0.137. The van der Waals surface area contributed by atoms with Crippen molar-refractivity contribution in [3.63, 3.8) is 0 Å². The molecule has 2 aliphatic heterocycles. The van der Waals surface area contributed by atoms with Gasteiger partial charge in [-0.15, -0.1) is 0 Å². The summed E-state index contributed by atoms with van der Waals surface area (Å²) in [5.41, 5.74) is 1.06. The molecular weight excluding hydrogens is 325 g/mol. The molecule has 0 spiro atoms. The minimum absolute atomic E-state index is 0.0267. The first-order valence-corrected chi connectivity index (χ1v) is 7.40. The highest BCUT2D eigenvalue weighted by Crippen LogP contribution is 2.40. The molecular formula is C15H17F3N4O2. The van der Waals surface area contributed by atoms with Crippen LogP contribution in [-0.2, 0) is 6.18 Å². The highest BCUT2D eigenvalue weighted by atomic mass is 19.4. The number of hydrazone groups is 1. The molecule has 0 radical (unpaired) electrons. The normalized spacial score (nSPS) is 23.1. The van der Waals surface area contributed by atoms with E-state index in [0.29, 0.717) is 5.71 Å². The number of halogens is 3. The average Bonchev–Trinajstić information content (AvgIpc) is 2.43. The number of hydrogen-bond donors (Lipinski definition) is 3. The summed E-state index contributed by atoms with van der Waals surface area (Å²) < 4.78 is 40.4. The molecule has 1 fully saturated rings. The molecule has 1 aromatic carbocycles. The summed E-state index contributed by atoms with van der Waals surface area (Å²) in [6.07, 6.45) is -4.54. The Labute approximate surface area is 136 Å². The lowest BCUT2D eigenvalue weighted by Gasteiger charge is -2.46. The smallest absolute Gasteiger partial charge is 0.386 e. The summed E-state index contributed by atoms with van der Waals surface area (Å²) in [6.45, 7) is 3.51. The number of β-amino-alcohol motifs (C(OH)–C–C–N with tert-alkyl or cyclic N) is 1. The predicted molar refractivity (Wildman–Crippen MR) is 81.9 cm³/mol. The molecule has 6 nitrogen and oxygen atoms in total. The Morgan fingerprint density at radius 2 is 2.04 bits per heavy atom. The number of urea groups is 1. The number of alkyl halides is 3. The Balaban J connectivity index is 1.98. The first-order valence-electron chi connectivity index (χ1n) is 7.40. The number of nitrogens with one attached hydrogen (secondary N) is 2. The van der Waals surface area contributed by atoms with Gasteiger partial charge in [0, 0.05) is 24.3 Å². The molecule has 1 saturated heterocycles. The van der Waals surface area contributed by atoms with E-state index in [1.165, 1.54) is 17.0 Å². The van der Waals surface area contributed by atoms with Gasteiger partial charge in [0.05, 0.1) is 22.9 Å². The van der Waals surface area contributed by atoms with Crippen molar-refractivity contribution in [2.75, 3.05) is 18.0 Å². The largest absolute Gasteiger partial charge is 0.418 e. The van der Waals surface area contributed by atoms with Crippen molar-refractivity contribution in [2.45, 2.75) is 31.7 Å². The summed E-state index contributed by atoms with van der Waals surface area (Å²) in [4.78, 5) is 12.7. The number of benzene rings is 1. The van der Waals surface area contributed by atoms with Crippen LogP contribution in [-0.4, -0.2) is 41.6 Å². The maximum Gasteiger partial charge on any atom is 0.418 e. The minimum atomic E-state index is -4.54. The molecule has 1 atom stereocenters. The molecule has 9 heteroatoms. The molecule has 0 saturated carbocycles. The van der Waals surface area contributed by atoms with Crippen molar-refractivity contribution in [3.8, 4) is 0 Å². The van der Waals surface area contributed by atoms with E-state index in [0.717, 1.165) is 6.07 Å². The van der Waals surface area contributed by atoms with Crippen molar-refractivity contribution in [1.82, 2.24) is 10.7 Å². The summed E-state index contributed by atoms with van der Waals surface area (Å²) in [5.74, 6) is 0. The van der Waals surface area contributed by atoms with Gasteiger partial charge >= 0.3 is 12.2 Å². The lowest BCUT2D eigenvalue weighted by Crippen LogP contribution is -2.60. The molecule has 130 valence electrons. The summed E-state index contributed by atoms with van der Waals surface area (Å²) >= 11 is 0. The van der Waals surface area contributed by atoms with Crippen LogP contribution in [0.15, 0.2) is 23.3 Å². The van der Waals surface area contributed by atoms with Gasteiger partial charge in [0.1, 0.15) is 0 Å². The molecule has 0 aromatic heterocycles. The zero-order chi connectivity index (χ0) is 17.7. The first kappa shape index (κ1) is 16.6. The summed E-state index contributed by atoms with van der Waals surface area (Å²) in [5, 5.41) is 16.2. The van der Waals surface area contributed by atoms with E-state index in [2.05, 4.69) is 15.8 Å². The van der Waals surface area contributed by atoms with Gasteiger partial charge in [0.25, 0.3) is 0 Å². The van der Waals surface area contributed by atoms with Gasteiger partial charge in [-0.3, -0.25) is 0 Å². The Morgan fingerprint density at radius 1 is 1.38 bits per heavy atom. The fourth-order valence-electron chi connectivity index (χ4n) is 2.96.